The van der Waals surface area contributed by atoms with E-state index in [1.165, 1.54) is 17.0 Å². The molecule has 3 N–H and O–H groups in total. The van der Waals surface area contributed by atoms with Gasteiger partial charge in [-0.15, -0.1) is 0 Å². The number of para-hydroxylation sites is 1. The van der Waals surface area contributed by atoms with Crippen molar-refractivity contribution in [2.24, 2.45) is 28.8 Å². The average molecular weight is 650 g/mol. The van der Waals surface area contributed by atoms with Crippen molar-refractivity contribution < 1.29 is 28.0 Å². The Kier molecular flexibility index (Phi) is 25.9. The van der Waals surface area contributed by atoms with Crippen LogP contribution < -0.4 is 16.0 Å². The number of carbonyl (C=O) groups excluding carboxylic acids is 4. The van der Waals surface area contributed by atoms with E-state index in [-0.39, 0.29) is 36.8 Å². The summed E-state index contributed by atoms with van der Waals surface area (Å²) in [6.45, 7) is 10.8. The molecule has 0 radical (unpaired) electrons. The summed E-state index contributed by atoms with van der Waals surface area (Å²) in [5.74, 6) is -0.658. The summed E-state index contributed by atoms with van der Waals surface area (Å²) in [7, 11) is 5.08. The molecule has 0 aromatic heterocycles. The number of hydrogen-bond donors (Lipinski definition) is 3. The van der Waals surface area contributed by atoms with Gasteiger partial charge in [-0.3, -0.25) is 9.59 Å². The fraction of sp³-hybridized carbons (Fsp3) is 0.529. The Hall–Kier alpha value is -4.22. The van der Waals surface area contributed by atoms with Crippen LogP contribution in [0.25, 0.3) is 0 Å². The maximum Gasteiger partial charge on any atom is 0.223 e. The van der Waals surface area contributed by atoms with Gasteiger partial charge in [0.05, 0.1) is 6.04 Å². The lowest BCUT2D eigenvalue weighted by Crippen LogP contribution is -2.38. The zero-order chi connectivity index (χ0) is 35.5. The Morgan fingerprint density at radius 3 is 1.83 bits per heavy atom. The van der Waals surface area contributed by atoms with Crippen LogP contribution in [0.1, 0.15) is 53.9 Å². The predicted molar refractivity (Wildman–Crippen MR) is 181 cm³/mol. The van der Waals surface area contributed by atoms with Gasteiger partial charge in [0.25, 0.3) is 0 Å². The highest BCUT2D eigenvalue weighted by Gasteiger charge is 2.35. The van der Waals surface area contributed by atoms with E-state index in [2.05, 4.69) is 41.9 Å². The molecule has 1 aliphatic heterocycles. The van der Waals surface area contributed by atoms with Gasteiger partial charge >= 0.3 is 0 Å². The van der Waals surface area contributed by atoms with Crippen molar-refractivity contribution in [1.82, 2.24) is 10.2 Å². The molecule has 1 aliphatic rings. The molecule has 2 amide bonds. The number of aldehydes is 2. The minimum absolute atomic E-state index is 0.00597. The van der Waals surface area contributed by atoms with Crippen molar-refractivity contribution in [1.29, 1.82) is 0 Å². The molecule has 2 aromatic rings. The molecule has 12 heteroatoms. The molecule has 10 nitrogen and oxygen atoms in total. The van der Waals surface area contributed by atoms with Crippen molar-refractivity contribution in [2.75, 3.05) is 44.9 Å². The van der Waals surface area contributed by atoms with Crippen LogP contribution in [0.4, 0.5) is 20.2 Å². The van der Waals surface area contributed by atoms with Crippen LogP contribution in [-0.2, 0) is 19.2 Å². The van der Waals surface area contributed by atoms with Crippen molar-refractivity contribution in [3.63, 3.8) is 0 Å². The monoisotopic (exact) mass is 649 g/mol. The SMILES string of the molecule is CC(C)C.CC(C)CC(C=O)CC(=O)N1CC(C=O)CC1CN=O.CNC=O.CNc1cc(F)cc(F)c1.CNc1ccccc1. The van der Waals surface area contributed by atoms with Gasteiger partial charge < -0.3 is 30.4 Å². The number of nitroso groups, excluding NO2 is 1. The van der Waals surface area contributed by atoms with Gasteiger partial charge in [0.15, 0.2) is 0 Å². The molecule has 1 saturated heterocycles. The number of halogens is 2. The summed E-state index contributed by atoms with van der Waals surface area (Å²) in [4.78, 5) is 55.1. The Morgan fingerprint density at radius 1 is 0.935 bits per heavy atom. The fourth-order valence-corrected chi connectivity index (χ4v) is 4.05. The molecule has 3 unspecified atom stereocenters. The van der Waals surface area contributed by atoms with Crippen LogP contribution in [0.3, 0.4) is 0 Å². The molecule has 0 aliphatic carbocycles. The number of likely N-dealkylation sites (tertiary alicyclic amines) is 1. The third-order valence-electron chi connectivity index (χ3n) is 5.98. The molecule has 2 aromatic carbocycles. The maximum absolute atomic E-state index is 12.3. The smallest absolute Gasteiger partial charge is 0.223 e. The number of benzene rings is 2. The van der Waals surface area contributed by atoms with Crippen molar-refractivity contribution >= 4 is 36.3 Å². The zero-order valence-corrected chi connectivity index (χ0v) is 28.5. The van der Waals surface area contributed by atoms with Crippen molar-refractivity contribution in [3.8, 4) is 0 Å². The van der Waals surface area contributed by atoms with E-state index < -0.39 is 11.6 Å². The first-order chi connectivity index (χ1) is 21.8. The normalized spacial score (nSPS) is 15.1. The van der Waals surface area contributed by atoms with Crippen molar-refractivity contribution in [3.05, 3.63) is 65.1 Å². The number of rotatable bonds is 11. The van der Waals surface area contributed by atoms with Gasteiger partial charge in [0.1, 0.15) is 30.8 Å². The largest absolute Gasteiger partial charge is 0.388 e. The summed E-state index contributed by atoms with van der Waals surface area (Å²) in [6.07, 6.45) is 3.55. The standard InChI is InChI=1S/C14H22N2O4.C7H7F2N.C7H9N.C4H10.C2H5NO/c1-10(2)3-11(8-17)5-14(19)16-7-12(9-18)4-13(16)6-15-20;1-10-7-3-5(8)2-6(9)4-7;1-8-7-5-3-2-4-6-7;1-4(2)3;1-3-2-4/h8-13H,3-7H2,1-2H3;2-4,10H,1H3;2-6,8H,1H3;4H,1-3H3;2H,1H3,(H,3,4). The van der Waals surface area contributed by atoms with Crippen LogP contribution in [0.15, 0.2) is 53.7 Å². The quantitative estimate of drug-likeness (QED) is 0.195. The molecular weight excluding hydrogens is 596 g/mol. The summed E-state index contributed by atoms with van der Waals surface area (Å²) >= 11 is 0. The van der Waals surface area contributed by atoms with Crippen LogP contribution in [-0.4, -0.2) is 70.1 Å². The highest BCUT2D eigenvalue weighted by molar-refractivity contribution is 5.80. The Balaban J connectivity index is 0. The first-order valence-corrected chi connectivity index (χ1v) is 15.3. The molecule has 0 saturated carbocycles. The van der Waals surface area contributed by atoms with Gasteiger partial charge in [0, 0.05) is 63.4 Å². The van der Waals surface area contributed by atoms with Gasteiger partial charge in [0.2, 0.25) is 12.3 Å². The summed E-state index contributed by atoms with van der Waals surface area (Å²) in [6, 6.07) is 13.0. The van der Waals surface area contributed by atoms with Crippen LogP contribution in [0.5, 0.6) is 0 Å². The molecule has 0 bridgehead atoms. The lowest BCUT2D eigenvalue weighted by atomic mass is 9.95. The van der Waals surface area contributed by atoms with E-state index in [1.807, 2.05) is 51.2 Å². The minimum atomic E-state index is -0.565. The second kappa shape index (κ2) is 27.1. The first-order valence-electron chi connectivity index (χ1n) is 15.3. The van der Waals surface area contributed by atoms with Crippen LogP contribution in [0, 0.1) is 40.2 Å². The predicted octanol–water partition coefficient (Wildman–Crippen LogP) is 6.18. The second-order valence-electron chi connectivity index (χ2n) is 11.5. The second-order valence-corrected chi connectivity index (χ2v) is 11.5. The van der Waals surface area contributed by atoms with Gasteiger partial charge in [-0.25, -0.2) is 8.78 Å². The maximum atomic E-state index is 12.3. The van der Waals surface area contributed by atoms with Crippen LogP contribution in [0.2, 0.25) is 0 Å². The van der Waals surface area contributed by atoms with E-state index in [0.717, 1.165) is 30.2 Å². The Bertz CT molecular complexity index is 1100. The van der Waals surface area contributed by atoms with Crippen LogP contribution >= 0.6 is 0 Å². The molecule has 1 fully saturated rings. The van der Waals surface area contributed by atoms with Gasteiger partial charge in [-0.05, 0) is 48.9 Å². The molecule has 3 atom stereocenters. The topological polar surface area (TPSA) is 137 Å². The lowest BCUT2D eigenvalue weighted by Gasteiger charge is -2.24. The highest BCUT2D eigenvalue weighted by Crippen LogP contribution is 2.25. The highest BCUT2D eigenvalue weighted by atomic mass is 19.1. The minimum Gasteiger partial charge on any atom is -0.388 e. The van der Waals surface area contributed by atoms with Crippen molar-refractivity contribution in [2.45, 2.75) is 59.9 Å². The van der Waals surface area contributed by atoms with Gasteiger partial charge in [-0.1, -0.05) is 58.0 Å². The number of hydrogen-bond acceptors (Lipinski definition) is 8. The number of amides is 2. The number of anilines is 2. The van der Waals surface area contributed by atoms with E-state index >= 15 is 0 Å². The number of nitrogens with one attached hydrogen (secondary N) is 3. The third-order valence-corrected chi connectivity index (χ3v) is 5.98. The average Bonchev–Trinajstić information content (AvgIpc) is 3.44. The molecule has 0 spiro atoms. The van der Waals surface area contributed by atoms with E-state index in [4.69, 9.17) is 4.79 Å². The summed E-state index contributed by atoms with van der Waals surface area (Å²) in [5.41, 5.74) is 1.60. The molecule has 1 heterocycles. The van der Waals surface area contributed by atoms with E-state index in [1.54, 1.807) is 14.1 Å². The Morgan fingerprint density at radius 2 is 1.46 bits per heavy atom. The fourth-order valence-electron chi connectivity index (χ4n) is 4.05. The molecule has 46 heavy (non-hydrogen) atoms. The molecule has 258 valence electrons. The molecular formula is C34H53F2N5O5. The first kappa shape index (κ1) is 43.9. The third kappa shape index (κ3) is 22.3. The molecule has 3 rings (SSSR count). The summed E-state index contributed by atoms with van der Waals surface area (Å²) < 4.78 is 24.7. The number of carbonyl (C=O) groups is 4. The summed E-state index contributed by atoms with van der Waals surface area (Å²) in [5, 5.41) is 10.7. The lowest BCUT2D eigenvalue weighted by molar-refractivity contribution is -0.134. The van der Waals surface area contributed by atoms with Gasteiger partial charge in [-0.2, -0.15) is 4.91 Å². The zero-order valence-electron chi connectivity index (χ0n) is 28.5. The van der Waals surface area contributed by atoms with E-state index in [9.17, 15) is 28.1 Å². The Labute approximate surface area is 273 Å². The van der Waals surface area contributed by atoms with E-state index in [0.29, 0.717) is 37.4 Å². The number of nitrogens with zero attached hydrogens (tertiary/aromatic N) is 2.